The lowest BCUT2D eigenvalue weighted by atomic mass is 9.93. The number of hydrogen-bond donors (Lipinski definition) is 3. The molecule has 3 aromatic carbocycles. The van der Waals surface area contributed by atoms with Crippen LogP contribution < -0.4 is 16.0 Å². The van der Waals surface area contributed by atoms with E-state index in [1.807, 2.05) is 74.0 Å². The molecule has 0 bridgehead atoms. The molecular formula is C33H34N6O. The number of imidazole rings is 1. The van der Waals surface area contributed by atoms with Gasteiger partial charge in [0.25, 0.3) is 0 Å². The average molecular weight is 531 g/mol. The van der Waals surface area contributed by atoms with Gasteiger partial charge in [0.2, 0.25) is 0 Å². The number of anilines is 2. The Kier molecular flexibility index (Phi) is 7.05. The molecule has 0 fully saturated rings. The Labute approximate surface area is 234 Å². The van der Waals surface area contributed by atoms with Crippen LogP contribution in [0.5, 0.6) is 0 Å². The smallest absolute Gasteiger partial charge is 0.317 e. The predicted octanol–water partition coefficient (Wildman–Crippen LogP) is 7.47. The molecule has 5 aromatic rings. The normalized spacial score (nSPS) is 15.4. The summed E-state index contributed by atoms with van der Waals surface area (Å²) in [4.78, 5) is 22.7. The van der Waals surface area contributed by atoms with Crippen LogP contribution in [-0.2, 0) is 0 Å². The van der Waals surface area contributed by atoms with E-state index in [-0.39, 0.29) is 11.9 Å². The van der Waals surface area contributed by atoms with Crippen LogP contribution in [-0.4, -0.2) is 33.5 Å². The van der Waals surface area contributed by atoms with Gasteiger partial charge < -0.3 is 16.0 Å². The monoisotopic (exact) mass is 530 g/mol. The van der Waals surface area contributed by atoms with Crippen LogP contribution in [0.1, 0.15) is 50.5 Å². The number of fused-ring (bicyclic) bond motifs is 2. The SMILES string of the molecule is CNC1CC=C(c2cncc3c(-c4ccc(NC(=O)Nc5ccccc5)c5ccccc45)nc(C(C)C)n23)CC1. The van der Waals surface area contributed by atoms with Crippen molar-refractivity contribution in [3.8, 4) is 11.3 Å². The van der Waals surface area contributed by atoms with Gasteiger partial charge in [-0.25, -0.2) is 9.78 Å². The van der Waals surface area contributed by atoms with E-state index in [2.05, 4.69) is 57.4 Å². The van der Waals surface area contributed by atoms with Crippen molar-refractivity contribution in [2.24, 2.45) is 0 Å². The van der Waals surface area contributed by atoms with E-state index in [1.165, 1.54) is 5.57 Å². The van der Waals surface area contributed by atoms with Crippen molar-refractivity contribution in [2.45, 2.75) is 45.1 Å². The van der Waals surface area contributed by atoms with Crippen molar-refractivity contribution in [1.29, 1.82) is 0 Å². The Morgan fingerprint density at radius 2 is 1.73 bits per heavy atom. The van der Waals surface area contributed by atoms with Gasteiger partial charge in [-0.2, -0.15) is 0 Å². The summed E-state index contributed by atoms with van der Waals surface area (Å²) in [7, 11) is 2.03. The summed E-state index contributed by atoms with van der Waals surface area (Å²) in [5, 5.41) is 11.3. The number of aromatic nitrogens is 3. The number of nitrogens with zero attached hydrogens (tertiary/aromatic N) is 3. The van der Waals surface area contributed by atoms with Gasteiger partial charge in [0.15, 0.2) is 0 Å². The molecule has 7 nitrogen and oxygen atoms in total. The number of hydrogen-bond acceptors (Lipinski definition) is 4. The molecule has 6 rings (SSSR count). The maximum atomic E-state index is 12.8. The van der Waals surface area contributed by atoms with Gasteiger partial charge in [-0.3, -0.25) is 9.38 Å². The molecule has 2 heterocycles. The van der Waals surface area contributed by atoms with Gasteiger partial charge in [0.1, 0.15) is 5.82 Å². The van der Waals surface area contributed by atoms with Crippen molar-refractivity contribution in [2.75, 3.05) is 17.7 Å². The molecule has 2 amide bonds. The summed E-state index contributed by atoms with van der Waals surface area (Å²) in [6.07, 6.45) is 9.37. The number of carbonyl (C=O) groups excluding carboxylic acids is 1. The summed E-state index contributed by atoms with van der Waals surface area (Å²) in [6.45, 7) is 4.37. The minimum absolute atomic E-state index is 0.227. The first-order valence-electron chi connectivity index (χ1n) is 13.9. The Bertz CT molecular complexity index is 1720. The van der Waals surface area contributed by atoms with Gasteiger partial charge in [-0.05, 0) is 55.5 Å². The topological polar surface area (TPSA) is 83.3 Å². The second-order valence-corrected chi connectivity index (χ2v) is 10.6. The van der Waals surface area contributed by atoms with Crippen LogP contribution in [0, 0.1) is 0 Å². The van der Waals surface area contributed by atoms with Crippen LogP contribution in [0.4, 0.5) is 16.2 Å². The first-order valence-corrected chi connectivity index (χ1v) is 13.9. The fourth-order valence-electron chi connectivity index (χ4n) is 5.62. The van der Waals surface area contributed by atoms with E-state index in [9.17, 15) is 4.79 Å². The minimum atomic E-state index is -0.284. The molecule has 0 aliphatic heterocycles. The van der Waals surface area contributed by atoms with Crippen LogP contribution in [0.15, 0.2) is 85.2 Å². The van der Waals surface area contributed by atoms with E-state index in [4.69, 9.17) is 4.98 Å². The highest BCUT2D eigenvalue weighted by molar-refractivity contribution is 6.10. The quantitative estimate of drug-likeness (QED) is 0.213. The lowest BCUT2D eigenvalue weighted by Gasteiger charge is -2.22. The Hall–Kier alpha value is -4.49. The molecule has 202 valence electrons. The lowest BCUT2D eigenvalue weighted by molar-refractivity contribution is 0.262. The molecule has 0 spiro atoms. The van der Waals surface area contributed by atoms with E-state index >= 15 is 0 Å². The number of benzene rings is 3. The molecule has 1 aliphatic carbocycles. The van der Waals surface area contributed by atoms with Gasteiger partial charge in [0, 0.05) is 28.6 Å². The minimum Gasteiger partial charge on any atom is -0.317 e. The highest BCUT2D eigenvalue weighted by Gasteiger charge is 2.23. The molecule has 3 N–H and O–H groups in total. The first kappa shape index (κ1) is 25.8. The van der Waals surface area contributed by atoms with E-state index in [0.717, 1.165) is 69.7 Å². The molecule has 1 aliphatic rings. The zero-order valence-corrected chi connectivity index (χ0v) is 23.1. The highest BCUT2D eigenvalue weighted by atomic mass is 16.2. The molecule has 7 heteroatoms. The molecule has 2 aromatic heterocycles. The lowest BCUT2D eigenvalue weighted by Crippen LogP contribution is -2.26. The second-order valence-electron chi connectivity index (χ2n) is 10.6. The van der Waals surface area contributed by atoms with Crippen LogP contribution in [0.2, 0.25) is 0 Å². The first-order chi connectivity index (χ1) is 19.5. The summed E-state index contributed by atoms with van der Waals surface area (Å²) in [6, 6.07) is 21.8. The number of rotatable bonds is 6. The molecule has 0 saturated carbocycles. The van der Waals surface area contributed by atoms with Gasteiger partial charge in [-0.15, -0.1) is 0 Å². The van der Waals surface area contributed by atoms with Crippen molar-refractivity contribution in [1.82, 2.24) is 19.7 Å². The van der Waals surface area contributed by atoms with Crippen molar-refractivity contribution in [3.05, 3.63) is 96.7 Å². The molecule has 0 radical (unpaired) electrons. The van der Waals surface area contributed by atoms with E-state index in [1.54, 1.807) is 0 Å². The summed E-state index contributed by atoms with van der Waals surface area (Å²) < 4.78 is 2.30. The molecule has 1 unspecified atom stereocenters. The standard InChI is InChI=1S/C33H34N6O/c1-21(2)32-38-31(30-20-35-19-29(39(30)32)22-13-15-23(34-3)16-14-22)27-17-18-28(26-12-8-7-11-25(26)27)37-33(40)36-24-9-5-4-6-10-24/h4-13,17-21,23,34H,14-16H2,1-3H3,(H2,36,37,40). The van der Waals surface area contributed by atoms with Crippen LogP contribution >= 0.6 is 0 Å². The largest absolute Gasteiger partial charge is 0.323 e. The van der Waals surface area contributed by atoms with E-state index in [0.29, 0.717) is 6.04 Å². The summed E-state index contributed by atoms with van der Waals surface area (Å²) in [5.74, 6) is 1.25. The molecule has 40 heavy (non-hydrogen) atoms. The van der Waals surface area contributed by atoms with Crippen LogP contribution in [0.3, 0.4) is 0 Å². The third-order valence-corrected chi connectivity index (χ3v) is 7.70. The van der Waals surface area contributed by atoms with Crippen molar-refractivity contribution in [3.63, 3.8) is 0 Å². The highest BCUT2D eigenvalue weighted by Crippen LogP contribution is 2.38. The Morgan fingerprint density at radius 1 is 0.950 bits per heavy atom. The van der Waals surface area contributed by atoms with Gasteiger partial charge in [0.05, 0.1) is 35.0 Å². The number of carbonyl (C=O) groups is 1. The number of urea groups is 1. The van der Waals surface area contributed by atoms with Crippen LogP contribution in [0.25, 0.3) is 33.1 Å². The molecule has 1 atom stereocenters. The van der Waals surface area contributed by atoms with Gasteiger partial charge in [-0.1, -0.05) is 68.5 Å². The number of nitrogens with one attached hydrogen (secondary N) is 3. The number of para-hydroxylation sites is 1. The second kappa shape index (κ2) is 10.9. The fourth-order valence-corrected chi connectivity index (χ4v) is 5.62. The summed E-state index contributed by atoms with van der Waals surface area (Å²) in [5.41, 5.74) is 6.83. The third-order valence-electron chi connectivity index (χ3n) is 7.70. The zero-order valence-electron chi connectivity index (χ0n) is 23.1. The van der Waals surface area contributed by atoms with Crippen molar-refractivity contribution < 1.29 is 4.79 Å². The predicted molar refractivity (Wildman–Crippen MR) is 164 cm³/mol. The van der Waals surface area contributed by atoms with Gasteiger partial charge >= 0.3 is 6.03 Å². The Morgan fingerprint density at radius 3 is 2.45 bits per heavy atom. The van der Waals surface area contributed by atoms with Crippen molar-refractivity contribution >= 4 is 39.3 Å². The number of amides is 2. The number of allylic oxidation sites excluding steroid dienone is 1. The molecular weight excluding hydrogens is 496 g/mol. The third kappa shape index (κ3) is 4.84. The summed E-state index contributed by atoms with van der Waals surface area (Å²) >= 11 is 0. The maximum Gasteiger partial charge on any atom is 0.323 e. The van der Waals surface area contributed by atoms with E-state index < -0.39 is 0 Å². The maximum absolute atomic E-state index is 12.8. The molecule has 0 saturated heterocycles. The Balaban J connectivity index is 1.43. The average Bonchev–Trinajstić information content (AvgIpc) is 3.38. The fraction of sp³-hybridized carbons (Fsp3) is 0.242. The zero-order chi connectivity index (χ0) is 27.6.